The lowest BCUT2D eigenvalue weighted by Gasteiger charge is -2.34. The Kier molecular flexibility index (Phi) is 5.10. The molecule has 7 heteroatoms. The molecule has 2 saturated heterocycles. The molecular formula is C17H23N4O3+. The number of carbonyl (C=O) groups excluding carboxylic acids is 3. The summed E-state index contributed by atoms with van der Waals surface area (Å²) in [5, 5.41) is 2.60. The summed E-state index contributed by atoms with van der Waals surface area (Å²) in [7, 11) is 0. The lowest BCUT2D eigenvalue weighted by Crippen LogP contribution is -3.13. The molecular weight excluding hydrogens is 308 g/mol. The zero-order chi connectivity index (χ0) is 16.9. The Hall–Kier alpha value is -2.41. The van der Waals surface area contributed by atoms with Crippen LogP contribution in [0.25, 0.3) is 0 Å². The van der Waals surface area contributed by atoms with Gasteiger partial charge in [0.05, 0.1) is 26.2 Å². The van der Waals surface area contributed by atoms with E-state index >= 15 is 0 Å². The van der Waals surface area contributed by atoms with Gasteiger partial charge in [-0.15, -0.1) is 0 Å². The maximum Gasteiger partial charge on any atom is 0.324 e. The first-order chi connectivity index (χ1) is 11.6. The summed E-state index contributed by atoms with van der Waals surface area (Å²) in [6.45, 7) is 4.22. The van der Waals surface area contributed by atoms with Crippen LogP contribution in [0.3, 0.4) is 0 Å². The van der Waals surface area contributed by atoms with Crippen LogP contribution in [0.15, 0.2) is 30.3 Å². The Bertz CT molecular complexity index is 596. The summed E-state index contributed by atoms with van der Waals surface area (Å²) in [6, 6.07) is 9.85. The number of quaternary nitrogens is 1. The van der Waals surface area contributed by atoms with Crippen molar-refractivity contribution < 1.29 is 19.3 Å². The van der Waals surface area contributed by atoms with Gasteiger partial charge in [0.25, 0.3) is 0 Å². The quantitative estimate of drug-likeness (QED) is 0.732. The fourth-order valence-corrected chi connectivity index (χ4v) is 3.15. The SMILES string of the molecule is O=C(CN1C(=O)CCNC1=O)N1CC[NH+](Cc2ccccc2)CC1. The summed E-state index contributed by atoms with van der Waals surface area (Å²) in [4.78, 5) is 40.0. The van der Waals surface area contributed by atoms with E-state index in [4.69, 9.17) is 0 Å². The van der Waals surface area contributed by atoms with Crippen LogP contribution in [0, 0.1) is 0 Å². The molecule has 0 radical (unpaired) electrons. The average molecular weight is 331 g/mol. The van der Waals surface area contributed by atoms with Crippen molar-refractivity contribution in [2.24, 2.45) is 0 Å². The minimum absolute atomic E-state index is 0.154. The molecule has 2 heterocycles. The molecule has 0 atom stereocenters. The molecule has 2 aliphatic heterocycles. The number of hydrogen-bond donors (Lipinski definition) is 2. The normalized spacial score (nSPS) is 19.3. The highest BCUT2D eigenvalue weighted by Crippen LogP contribution is 2.03. The number of nitrogens with one attached hydrogen (secondary N) is 2. The molecule has 2 N–H and O–H groups in total. The molecule has 0 unspecified atom stereocenters. The van der Waals surface area contributed by atoms with Crippen LogP contribution in [0.1, 0.15) is 12.0 Å². The molecule has 1 aromatic carbocycles. The monoisotopic (exact) mass is 331 g/mol. The molecule has 4 amide bonds. The van der Waals surface area contributed by atoms with E-state index in [1.165, 1.54) is 10.5 Å². The smallest absolute Gasteiger partial charge is 0.324 e. The van der Waals surface area contributed by atoms with Gasteiger partial charge < -0.3 is 15.1 Å². The minimum atomic E-state index is -0.465. The van der Waals surface area contributed by atoms with Gasteiger partial charge in [-0.1, -0.05) is 30.3 Å². The standard InChI is InChI=1S/C17H22N4O3/c22-15-6-7-18-17(24)21(15)13-16(23)20-10-8-19(9-11-20)12-14-4-2-1-3-5-14/h1-5H,6-13H2,(H,18,24)/p+1. The molecule has 0 bridgehead atoms. The number of benzene rings is 1. The predicted octanol–water partition coefficient (Wildman–Crippen LogP) is -1.14. The van der Waals surface area contributed by atoms with E-state index in [0.717, 1.165) is 24.5 Å². The highest BCUT2D eigenvalue weighted by atomic mass is 16.2. The van der Waals surface area contributed by atoms with Crippen LogP contribution in [0.5, 0.6) is 0 Å². The number of nitrogens with zero attached hydrogens (tertiary/aromatic N) is 2. The van der Waals surface area contributed by atoms with Gasteiger partial charge in [0, 0.05) is 18.5 Å². The highest BCUT2D eigenvalue weighted by Gasteiger charge is 2.31. The van der Waals surface area contributed by atoms with Crippen molar-refractivity contribution in [3.63, 3.8) is 0 Å². The lowest BCUT2D eigenvalue weighted by atomic mass is 10.2. The first-order valence-corrected chi connectivity index (χ1v) is 8.37. The van der Waals surface area contributed by atoms with Crippen LogP contribution in [0.4, 0.5) is 4.79 Å². The Balaban J connectivity index is 1.48. The van der Waals surface area contributed by atoms with Gasteiger partial charge in [-0.25, -0.2) is 4.79 Å². The van der Waals surface area contributed by atoms with E-state index in [2.05, 4.69) is 17.4 Å². The number of urea groups is 1. The van der Waals surface area contributed by atoms with Gasteiger partial charge in [-0.2, -0.15) is 0 Å². The van der Waals surface area contributed by atoms with E-state index in [1.54, 1.807) is 4.90 Å². The van der Waals surface area contributed by atoms with E-state index < -0.39 is 6.03 Å². The first kappa shape index (κ1) is 16.4. The Labute approximate surface area is 141 Å². The Morgan fingerprint density at radius 3 is 2.50 bits per heavy atom. The molecule has 0 saturated carbocycles. The third-order valence-corrected chi connectivity index (χ3v) is 4.57. The second-order valence-electron chi connectivity index (χ2n) is 6.25. The number of rotatable bonds is 4. The van der Waals surface area contributed by atoms with Crippen LogP contribution >= 0.6 is 0 Å². The van der Waals surface area contributed by atoms with Gasteiger partial charge in [0.1, 0.15) is 13.1 Å². The van der Waals surface area contributed by atoms with Gasteiger partial charge >= 0.3 is 6.03 Å². The van der Waals surface area contributed by atoms with Crippen molar-refractivity contribution in [3.8, 4) is 0 Å². The summed E-state index contributed by atoms with van der Waals surface area (Å²) < 4.78 is 0. The summed E-state index contributed by atoms with van der Waals surface area (Å²) >= 11 is 0. The van der Waals surface area contributed by atoms with Crippen molar-refractivity contribution in [1.82, 2.24) is 15.1 Å². The molecule has 128 valence electrons. The third kappa shape index (κ3) is 3.91. The molecule has 2 fully saturated rings. The van der Waals surface area contributed by atoms with Crippen LogP contribution in [-0.4, -0.2) is 66.9 Å². The summed E-state index contributed by atoms with van der Waals surface area (Å²) in [6.07, 6.45) is 0.258. The number of amides is 4. The second-order valence-corrected chi connectivity index (χ2v) is 6.25. The Morgan fingerprint density at radius 1 is 1.12 bits per heavy atom. The number of piperazine rings is 1. The molecule has 2 aliphatic rings. The van der Waals surface area contributed by atoms with Crippen molar-refractivity contribution >= 4 is 17.8 Å². The van der Waals surface area contributed by atoms with Crippen LogP contribution in [0.2, 0.25) is 0 Å². The zero-order valence-corrected chi connectivity index (χ0v) is 13.7. The molecule has 24 heavy (non-hydrogen) atoms. The molecule has 0 aromatic heterocycles. The van der Waals surface area contributed by atoms with Crippen molar-refractivity contribution in [1.29, 1.82) is 0 Å². The minimum Gasteiger partial charge on any atom is -0.337 e. The van der Waals surface area contributed by atoms with Crippen LogP contribution < -0.4 is 10.2 Å². The van der Waals surface area contributed by atoms with Gasteiger partial charge in [-0.05, 0) is 0 Å². The fourth-order valence-electron chi connectivity index (χ4n) is 3.15. The average Bonchev–Trinajstić information content (AvgIpc) is 2.60. The van der Waals surface area contributed by atoms with Crippen molar-refractivity contribution in [2.45, 2.75) is 13.0 Å². The number of imide groups is 1. The van der Waals surface area contributed by atoms with Gasteiger partial charge in [-0.3, -0.25) is 14.5 Å². The van der Waals surface area contributed by atoms with E-state index in [-0.39, 0.29) is 24.8 Å². The maximum atomic E-state index is 12.4. The summed E-state index contributed by atoms with van der Waals surface area (Å²) in [5.74, 6) is -0.431. The Morgan fingerprint density at radius 2 is 1.83 bits per heavy atom. The molecule has 0 spiro atoms. The molecule has 3 rings (SSSR count). The van der Waals surface area contributed by atoms with Gasteiger partial charge in [0.2, 0.25) is 11.8 Å². The second kappa shape index (κ2) is 7.44. The van der Waals surface area contributed by atoms with E-state index in [1.807, 2.05) is 18.2 Å². The number of hydrogen-bond acceptors (Lipinski definition) is 3. The topological polar surface area (TPSA) is 74.2 Å². The maximum absolute atomic E-state index is 12.4. The van der Waals surface area contributed by atoms with Crippen molar-refractivity contribution in [3.05, 3.63) is 35.9 Å². The van der Waals surface area contributed by atoms with Crippen LogP contribution in [-0.2, 0) is 16.1 Å². The van der Waals surface area contributed by atoms with E-state index in [9.17, 15) is 14.4 Å². The lowest BCUT2D eigenvalue weighted by molar-refractivity contribution is -0.917. The summed E-state index contributed by atoms with van der Waals surface area (Å²) in [5.41, 5.74) is 1.29. The molecule has 0 aliphatic carbocycles. The molecule has 1 aromatic rings. The fraction of sp³-hybridized carbons (Fsp3) is 0.471. The first-order valence-electron chi connectivity index (χ1n) is 8.37. The third-order valence-electron chi connectivity index (χ3n) is 4.57. The van der Waals surface area contributed by atoms with Gasteiger partial charge in [0.15, 0.2) is 0 Å². The van der Waals surface area contributed by atoms with E-state index in [0.29, 0.717) is 19.6 Å². The highest BCUT2D eigenvalue weighted by molar-refractivity contribution is 6.00. The largest absolute Gasteiger partial charge is 0.337 e. The molecule has 7 nitrogen and oxygen atoms in total. The zero-order valence-electron chi connectivity index (χ0n) is 13.7. The predicted molar refractivity (Wildman–Crippen MR) is 87.2 cm³/mol. The number of carbonyl (C=O) groups is 3. The van der Waals surface area contributed by atoms with Crippen molar-refractivity contribution in [2.75, 3.05) is 39.3 Å².